The lowest BCUT2D eigenvalue weighted by Crippen LogP contribution is -2.38. The molecule has 1 aliphatic rings. The van der Waals surface area contributed by atoms with E-state index >= 15 is 0 Å². The van der Waals surface area contributed by atoms with Gasteiger partial charge in [-0.05, 0) is 58.5 Å². The second-order valence-corrected chi connectivity index (χ2v) is 6.16. The lowest BCUT2D eigenvalue weighted by Gasteiger charge is -2.29. The van der Waals surface area contributed by atoms with Gasteiger partial charge in [0.1, 0.15) is 0 Å². The SMILES string of the molecule is CCCNC1CCCC1CCN(CCOC)C(C)C. The highest BCUT2D eigenvalue weighted by molar-refractivity contribution is 4.84. The molecule has 19 heavy (non-hydrogen) atoms. The second kappa shape index (κ2) is 9.73. The summed E-state index contributed by atoms with van der Waals surface area (Å²) in [6.07, 6.45) is 6.78. The highest BCUT2D eigenvalue weighted by Crippen LogP contribution is 2.28. The zero-order chi connectivity index (χ0) is 14.1. The molecule has 1 saturated carbocycles. The maximum atomic E-state index is 5.21. The molecule has 0 aliphatic heterocycles. The van der Waals surface area contributed by atoms with Crippen LogP contribution in [-0.2, 0) is 4.74 Å². The van der Waals surface area contributed by atoms with Crippen molar-refractivity contribution in [3.05, 3.63) is 0 Å². The fourth-order valence-corrected chi connectivity index (χ4v) is 3.15. The Morgan fingerprint density at radius 3 is 2.68 bits per heavy atom. The van der Waals surface area contributed by atoms with Crippen molar-refractivity contribution in [1.29, 1.82) is 0 Å². The first-order valence-corrected chi connectivity index (χ1v) is 8.15. The van der Waals surface area contributed by atoms with E-state index in [0.29, 0.717) is 6.04 Å². The van der Waals surface area contributed by atoms with Crippen LogP contribution in [-0.4, -0.2) is 50.3 Å². The Kier molecular flexibility index (Phi) is 8.67. The minimum atomic E-state index is 0.624. The van der Waals surface area contributed by atoms with E-state index in [4.69, 9.17) is 4.74 Å². The Labute approximate surface area is 120 Å². The Hall–Kier alpha value is -0.120. The number of rotatable bonds is 10. The second-order valence-electron chi connectivity index (χ2n) is 6.16. The molecule has 0 amide bonds. The Morgan fingerprint density at radius 1 is 1.26 bits per heavy atom. The van der Waals surface area contributed by atoms with Crippen LogP contribution in [0.5, 0.6) is 0 Å². The van der Waals surface area contributed by atoms with E-state index in [0.717, 1.165) is 25.1 Å². The minimum Gasteiger partial charge on any atom is -0.383 e. The number of nitrogens with zero attached hydrogens (tertiary/aromatic N) is 1. The monoisotopic (exact) mass is 270 g/mol. The molecule has 0 saturated heterocycles. The molecule has 3 nitrogen and oxygen atoms in total. The Bertz CT molecular complexity index is 221. The van der Waals surface area contributed by atoms with Crippen LogP contribution in [0.2, 0.25) is 0 Å². The van der Waals surface area contributed by atoms with Crippen LogP contribution in [0, 0.1) is 5.92 Å². The molecule has 1 N–H and O–H groups in total. The molecule has 0 aromatic rings. The molecule has 0 aromatic heterocycles. The Balaban J connectivity index is 2.31. The van der Waals surface area contributed by atoms with Gasteiger partial charge in [0.2, 0.25) is 0 Å². The normalized spacial score (nSPS) is 23.7. The van der Waals surface area contributed by atoms with Gasteiger partial charge in [0.15, 0.2) is 0 Å². The predicted molar refractivity (Wildman–Crippen MR) is 82.6 cm³/mol. The third-order valence-corrected chi connectivity index (χ3v) is 4.42. The third-order valence-electron chi connectivity index (χ3n) is 4.42. The van der Waals surface area contributed by atoms with Gasteiger partial charge in [-0.3, -0.25) is 4.90 Å². The summed E-state index contributed by atoms with van der Waals surface area (Å²) in [5.74, 6) is 0.885. The predicted octanol–water partition coefficient (Wildman–Crippen LogP) is 2.90. The van der Waals surface area contributed by atoms with Gasteiger partial charge >= 0.3 is 0 Å². The van der Waals surface area contributed by atoms with E-state index in [2.05, 4.69) is 31.0 Å². The molecule has 114 valence electrons. The summed E-state index contributed by atoms with van der Waals surface area (Å²) >= 11 is 0. The zero-order valence-corrected chi connectivity index (χ0v) is 13.5. The molecule has 0 aromatic carbocycles. The summed E-state index contributed by atoms with van der Waals surface area (Å²) < 4.78 is 5.21. The summed E-state index contributed by atoms with van der Waals surface area (Å²) in [7, 11) is 1.79. The van der Waals surface area contributed by atoms with E-state index in [1.54, 1.807) is 7.11 Å². The first-order valence-electron chi connectivity index (χ1n) is 8.15. The van der Waals surface area contributed by atoms with Gasteiger partial charge < -0.3 is 10.1 Å². The fourth-order valence-electron chi connectivity index (χ4n) is 3.15. The zero-order valence-electron chi connectivity index (χ0n) is 13.5. The third kappa shape index (κ3) is 6.24. The van der Waals surface area contributed by atoms with Gasteiger partial charge in [-0.1, -0.05) is 13.3 Å². The van der Waals surface area contributed by atoms with Crippen molar-refractivity contribution in [2.75, 3.05) is 33.4 Å². The molecule has 0 bridgehead atoms. The summed E-state index contributed by atoms with van der Waals surface area (Å²) in [6, 6.07) is 1.40. The summed E-state index contributed by atoms with van der Waals surface area (Å²) in [4.78, 5) is 2.55. The first kappa shape index (κ1) is 16.9. The lowest BCUT2D eigenvalue weighted by atomic mass is 9.98. The van der Waals surface area contributed by atoms with Gasteiger partial charge in [0.25, 0.3) is 0 Å². The molecule has 0 spiro atoms. The maximum Gasteiger partial charge on any atom is 0.0589 e. The number of hydrogen-bond donors (Lipinski definition) is 1. The van der Waals surface area contributed by atoms with Crippen molar-refractivity contribution in [2.45, 2.75) is 65.0 Å². The number of hydrogen-bond acceptors (Lipinski definition) is 3. The molecular weight excluding hydrogens is 236 g/mol. The van der Waals surface area contributed by atoms with Crippen LogP contribution in [0.25, 0.3) is 0 Å². The summed E-state index contributed by atoms with van der Waals surface area (Å²) in [5, 5.41) is 3.73. The van der Waals surface area contributed by atoms with Gasteiger partial charge in [-0.2, -0.15) is 0 Å². The van der Waals surface area contributed by atoms with Crippen LogP contribution in [0.3, 0.4) is 0 Å². The standard InChI is InChI=1S/C16H34N2O/c1-5-10-17-16-8-6-7-15(16)9-11-18(14(2)3)12-13-19-4/h14-17H,5-13H2,1-4H3. The number of ether oxygens (including phenoxy) is 1. The molecule has 1 aliphatic carbocycles. The largest absolute Gasteiger partial charge is 0.383 e. The number of methoxy groups -OCH3 is 1. The lowest BCUT2D eigenvalue weighted by molar-refractivity contribution is 0.123. The van der Waals surface area contributed by atoms with E-state index in [1.807, 2.05) is 0 Å². The molecule has 0 heterocycles. The quantitative estimate of drug-likeness (QED) is 0.660. The fraction of sp³-hybridized carbons (Fsp3) is 1.00. The molecular formula is C16H34N2O. The molecule has 2 atom stereocenters. The van der Waals surface area contributed by atoms with Gasteiger partial charge in [0, 0.05) is 25.7 Å². The van der Waals surface area contributed by atoms with Gasteiger partial charge in [0.05, 0.1) is 6.61 Å². The average Bonchev–Trinajstić information content (AvgIpc) is 2.83. The van der Waals surface area contributed by atoms with E-state index in [-0.39, 0.29) is 0 Å². The van der Waals surface area contributed by atoms with Gasteiger partial charge in [-0.15, -0.1) is 0 Å². The smallest absolute Gasteiger partial charge is 0.0589 e. The van der Waals surface area contributed by atoms with E-state index < -0.39 is 0 Å². The average molecular weight is 270 g/mol. The van der Waals surface area contributed by atoms with Crippen LogP contribution < -0.4 is 5.32 Å². The Morgan fingerprint density at radius 2 is 2.05 bits per heavy atom. The molecule has 3 heteroatoms. The van der Waals surface area contributed by atoms with E-state index in [1.165, 1.54) is 45.2 Å². The summed E-state index contributed by atoms with van der Waals surface area (Å²) in [5.41, 5.74) is 0. The van der Waals surface area contributed by atoms with Gasteiger partial charge in [-0.25, -0.2) is 0 Å². The highest BCUT2D eigenvalue weighted by Gasteiger charge is 2.26. The molecule has 1 fully saturated rings. The van der Waals surface area contributed by atoms with Crippen molar-refractivity contribution < 1.29 is 4.74 Å². The van der Waals surface area contributed by atoms with Crippen LogP contribution >= 0.6 is 0 Å². The first-order chi connectivity index (χ1) is 9.19. The van der Waals surface area contributed by atoms with Crippen molar-refractivity contribution in [1.82, 2.24) is 10.2 Å². The van der Waals surface area contributed by atoms with Crippen molar-refractivity contribution in [3.8, 4) is 0 Å². The van der Waals surface area contributed by atoms with Crippen molar-refractivity contribution in [2.24, 2.45) is 5.92 Å². The highest BCUT2D eigenvalue weighted by atomic mass is 16.5. The molecule has 2 unspecified atom stereocenters. The van der Waals surface area contributed by atoms with Crippen LogP contribution in [0.15, 0.2) is 0 Å². The minimum absolute atomic E-state index is 0.624. The van der Waals surface area contributed by atoms with Crippen molar-refractivity contribution >= 4 is 0 Å². The van der Waals surface area contributed by atoms with Crippen LogP contribution in [0.1, 0.15) is 52.9 Å². The molecule has 1 rings (SSSR count). The molecule has 0 radical (unpaired) electrons. The summed E-state index contributed by atoms with van der Waals surface area (Å²) in [6.45, 7) is 11.1. The van der Waals surface area contributed by atoms with Crippen LogP contribution in [0.4, 0.5) is 0 Å². The maximum absolute atomic E-state index is 5.21. The number of nitrogens with one attached hydrogen (secondary N) is 1. The van der Waals surface area contributed by atoms with Crippen molar-refractivity contribution in [3.63, 3.8) is 0 Å². The topological polar surface area (TPSA) is 24.5 Å². The van der Waals surface area contributed by atoms with E-state index in [9.17, 15) is 0 Å².